The Morgan fingerprint density at radius 3 is 2.80 bits per heavy atom. The second kappa shape index (κ2) is 4.03. The van der Waals surface area contributed by atoms with Crippen molar-refractivity contribution in [1.82, 2.24) is 24.5 Å². The first kappa shape index (κ1) is 10.2. The van der Waals surface area contributed by atoms with Gasteiger partial charge in [-0.1, -0.05) is 0 Å². The average molecular weight is 243 g/mol. The summed E-state index contributed by atoms with van der Waals surface area (Å²) in [6.07, 6.45) is 3.52. The largest absolute Gasteiger partial charge is 0.368 e. The van der Waals surface area contributed by atoms with E-state index in [0.717, 1.165) is 5.16 Å². The van der Waals surface area contributed by atoms with E-state index in [2.05, 4.69) is 19.9 Å². The Balaban J connectivity index is 2.28. The minimum absolute atomic E-state index is 0.0826. The summed E-state index contributed by atoms with van der Waals surface area (Å²) in [5, 5.41) is 1.28. The minimum Gasteiger partial charge on any atom is -0.368 e. The van der Waals surface area contributed by atoms with Crippen LogP contribution in [-0.2, 0) is 7.05 Å². The molecule has 8 heteroatoms. The molecule has 0 atom stereocenters. The molecule has 0 aliphatic heterocycles. The normalized spacial score (nSPS) is 10.5. The van der Waals surface area contributed by atoms with E-state index in [1.54, 1.807) is 6.20 Å². The zero-order valence-corrected chi connectivity index (χ0v) is 9.33. The van der Waals surface area contributed by atoms with Gasteiger partial charge in [-0.15, -0.1) is 0 Å². The molecule has 2 N–H and O–H groups in total. The van der Waals surface area contributed by atoms with E-state index in [4.69, 9.17) is 17.3 Å². The molecule has 2 rings (SSSR count). The van der Waals surface area contributed by atoms with E-state index < -0.39 is 0 Å². The zero-order chi connectivity index (χ0) is 10.8. The molecule has 2 heterocycles. The number of nitrogen functional groups attached to an aromatic ring is 1. The Bertz CT molecular complexity index is 464. The lowest BCUT2D eigenvalue weighted by Gasteiger charge is -2.00. The summed E-state index contributed by atoms with van der Waals surface area (Å²) in [5.74, 6) is 0.103. The van der Waals surface area contributed by atoms with Gasteiger partial charge in [-0.2, -0.15) is 15.0 Å². The lowest BCUT2D eigenvalue weighted by molar-refractivity contribution is 0.784. The highest BCUT2D eigenvalue weighted by Gasteiger charge is 2.07. The lowest BCUT2D eigenvalue weighted by Crippen LogP contribution is -1.99. The average Bonchev–Trinajstić information content (AvgIpc) is 2.50. The van der Waals surface area contributed by atoms with Gasteiger partial charge in [0.05, 0.1) is 0 Å². The number of rotatable bonds is 2. The molecular weight excluding hydrogens is 236 g/mol. The van der Waals surface area contributed by atoms with Crippen molar-refractivity contribution in [1.29, 1.82) is 0 Å². The first-order chi connectivity index (χ1) is 7.15. The molecule has 2 aromatic rings. The topological polar surface area (TPSA) is 82.5 Å². The number of hydrogen-bond donors (Lipinski definition) is 1. The summed E-state index contributed by atoms with van der Waals surface area (Å²) in [7, 11) is 1.88. The number of imidazole rings is 1. The van der Waals surface area contributed by atoms with Crippen LogP contribution in [0.3, 0.4) is 0 Å². The second-order valence-corrected chi connectivity index (χ2v) is 3.94. The van der Waals surface area contributed by atoms with Gasteiger partial charge in [-0.3, -0.25) is 0 Å². The van der Waals surface area contributed by atoms with Gasteiger partial charge in [0, 0.05) is 19.4 Å². The van der Waals surface area contributed by atoms with E-state index in [1.807, 2.05) is 17.8 Å². The Morgan fingerprint density at radius 2 is 2.20 bits per heavy atom. The van der Waals surface area contributed by atoms with Gasteiger partial charge in [-0.25, -0.2) is 4.98 Å². The fourth-order valence-electron chi connectivity index (χ4n) is 0.924. The quantitative estimate of drug-likeness (QED) is 0.846. The van der Waals surface area contributed by atoms with Crippen molar-refractivity contribution in [2.45, 2.75) is 10.3 Å². The van der Waals surface area contributed by atoms with Crippen LogP contribution < -0.4 is 5.73 Å². The van der Waals surface area contributed by atoms with Crippen molar-refractivity contribution in [3.63, 3.8) is 0 Å². The number of aromatic nitrogens is 5. The Morgan fingerprint density at radius 1 is 1.40 bits per heavy atom. The number of halogens is 1. The van der Waals surface area contributed by atoms with Crippen molar-refractivity contribution in [2.24, 2.45) is 7.05 Å². The summed E-state index contributed by atoms with van der Waals surface area (Å²) in [6, 6.07) is 0. The van der Waals surface area contributed by atoms with Crippen molar-refractivity contribution in [3.8, 4) is 0 Å². The molecule has 0 saturated carbocycles. The molecule has 2 aromatic heterocycles. The Labute approximate surface area is 94.9 Å². The van der Waals surface area contributed by atoms with Gasteiger partial charge >= 0.3 is 0 Å². The predicted molar refractivity (Wildman–Crippen MR) is 56.6 cm³/mol. The van der Waals surface area contributed by atoms with Crippen LogP contribution >= 0.6 is 23.4 Å². The highest BCUT2D eigenvalue weighted by molar-refractivity contribution is 7.99. The third-order valence-corrected chi connectivity index (χ3v) is 2.67. The number of anilines is 1. The minimum atomic E-state index is 0.0826. The number of nitrogens with two attached hydrogens (primary N) is 1. The maximum atomic E-state index is 5.65. The standard InChI is InChI=1S/C7H7ClN6S/c1-14-3-2-10-7(14)15-6-12-4(8)11-5(9)13-6/h2-3H,1H3,(H2,9,11,12,13). The molecule has 0 fully saturated rings. The van der Waals surface area contributed by atoms with Gasteiger partial charge in [0.15, 0.2) is 5.16 Å². The van der Waals surface area contributed by atoms with Crippen molar-refractivity contribution < 1.29 is 0 Å². The van der Waals surface area contributed by atoms with Gasteiger partial charge < -0.3 is 10.3 Å². The highest BCUT2D eigenvalue weighted by Crippen LogP contribution is 2.23. The van der Waals surface area contributed by atoms with E-state index in [-0.39, 0.29) is 11.2 Å². The molecule has 0 amide bonds. The monoisotopic (exact) mass is 242 g/mol. The molecule has 0 unspecified atom stereocenters. The van der Waals surface area contributed by atoms with E-state index in [9.17, 15) is 0 Å². The van der Waals surface area contributed by atoms with Crippen LogP contribution in [0.15, 0.2) is 22.7 Å². The van der Waals surface area contributed by atoms with E-state index >= 15 is 0 Å². The molecule has 0 aromatic carbocycles. The molecule has 0 saturated heterocycles. The Hall–Kier alpha value is -1.34. The first-order valence-electron chi connectivity index (χ1n) is 3.97. The number of nitrogens with zero attached hydrogens (tertiary/aromatic N) is 5. The molecule has 6 nitrogen and oxygen atoms in total. The molecule has 15 heavy (non-hydrogen) atoms. The molecule has 0 bridgehead atoms. The summed E-state index contributed by atoms with van der Waals surface area (Å²) >= 11 is 6.92. The smallest absolute Gasteiger partial charge is 0.228 e. The van der Waals surface area contributed by atoms with Crippen LogP contribution in [0.1, 0.15) is 0 Å². The molecule has 0 aliphatic rings. The second-order valence-electron chi connectivity index (χ2n) is 2.67. The first-order valence-corrected chi connectivity index (χ1v) is 5.17. The lowest BCUT2D eigenvalue weighted by atomic mass is 10.9. The number of hydrogen-bond acceptors (Lipinski definition) is 6. The molecule has 0 aliphatic carbocycles. The fourth-order valence-corrected chi connectivity index (χ4v) is 1.89. The Kier molecular flexibility index (Phi) is 2.74. The van der Waals surface area contributed by atoms with Crippen LogP contribution in [0.25, 0.3) is 0 Å². The van der Waals surface area contributed by atoms with E-state index in [1.165, 1.54) is 11.8 Å². The van der Waals surface area contributed by atoms with Crippen LogP contribution in [0, 0.1) is 0 Å². The summed E-state index contributed by atoms with van der Waals surface area (Å²) in [5.41, 5.74) is 5.44. The maximum Gasteiger partial charge on any atom is 0.228 e. The van der Waals surface area contributed by atoms with Crippen LogP contribution in [0.2, 0.25) is 5.28 Å². The van der Waals surface area contributed by atoms with Crippen molar-refractivity contribution in [3.05, 3.63) is 17.7 Å². The molecular formula is C7H7ClN6S. The molecule has 78 valence electrons. The summed E-state index contributed by atoms with van der Waals surface area (Å²) in [6.45, 7) is 0. The van der Waals surface area contributed by atoms with Gasteiger partial charge in [0.25, 0.3) is 0 Å². The third kappa shape index (κ3) is 2.37. The highest BCUT2D eigenvalue weighted by atomic mass is 35.5. The SMILES string of the molecule is Cn1ccnc1Sc1nc(N)nc(Cl)n1. The molecule has 0 spiro atoms. The van der Waals surface area contributed by atoms with Gasteiger partial charge in [0.1, 0.15) is 0 Å². The number of aryl methyl sites for hydroxylation is 1. The van der Waals surface area contributed by atoms with Crippen molar-refractivity contribution in [2.75, 3.05) is 5.73 Å². The summed E-state index contributed by atoms with van der Waals surface area (Å²) < 4.78 is 1.85. The molecule has 0 radical (unpaired) electrons. The maximum absolute atomic E-state index is 5.65. The van der Waals surface area contributed by atoms with Gasteiger partial charge in [0.2, 0.25) is 16.4 Å². The van der Waals surface area contributed by atoms with Crippen molar-refractivity contribution >= 4 is 29.3 Å². The van der Waals surface area contributed by atoms with Crippen LogP contribution in [0.4, 0.5) is 5.95 Å². The van der Waals surface area contributed by atoms with Crippen LogP contribution in [-0.4, -0.2) is 24.5 Å². The third-order valence-electron chi connectivity index (χ3n) is 1.56. The fraction of sp³-hybridized carbons (Fsp3) is 0.143. The summed E-state index contributed by atoms with van der Waals surface area (Å²) in [4.78, 5) is 15.6. The predicted octanol–water partition coefficient (Wildman–Crippen LogP) is 0.992. The zero-order valence-electron chi connectivity index (χ0n) is 7.75. The van der Waals surface area contributed by atoms with Crippen LogP contribution in [0.5, 0.6) is 0 Å². The van der Waals surface area contributed by atoms with Gasteiger partial charge in [-0.05, 0) is 23.4 Å². The van der Waals surface area contributed by atoms with E-state index in [0.29, 0.717) is 5.16 Å².